The molecule has 0 amide bonds. The first kappa shape index (κ1) is 11.8. The zero-order chi connectivity index (χ0) is 12.3. The van der Waals surface area contributed by atoms with Gasteiger partial charge in [0.15, 0.2) is 5.82 Å². The molecule has 0 radical (unpaired) electrons. The Morgan fingerprint density at radius 1 is 1.41 bits per heavy atom. The fraction of sp³-hybridized carbons (Fsp3) is 0.545. The minimum Gasteiger partial charge on any atom is -0.340 e. The van der Waals surface area contributed by atoms with Crippen LogP contribution in [0, 0.1) is 6.92 Å². The maximum Gasteiger partial charge on any atom is 0.223 e. The minimum atomic E-state index is 0.392. The first-order valence-electron chi connectivity index (χ1n) is 5.69. The summed E-state index contributed by atoms with van der Waals surface area (Å²) in [5.74, 6) is 1.26. The molecule has 0 aromatic carbocycles. The van der Waals surface area contributed by atoms with Gasteiger partial charge < -0.3 is 9.84 Å². The van der Waals surface area contributed by atoms with E-state index in [2.05, 4.69) is 34.4 Å². The lowest BCUT2D eigenvalue weighted by Gasteiger charge is -2.03. The second-order valence-electron chi connectivity index (χ2n) is 4.21. The van der Waals surface area contributed by atoms with Crippen molar-refractivity contribution in [3.05, 3.63) is 29.7 Å². The molecule has 2 aromatic rings. The summed E-state index contributed by atoms with van der Waals surface area (Å²) in [7, 11) is 0. The summed E-state index contributed by atoms with van der Waals surface area (Å²) in [5, 5.41) is 11.5. The van der Waals surface area contributed by atoms with Crippen molar-refractivity contribution in [1.82, 2.24) is 25.2 Å². The third kappa shape index (κ3) is 3.13. The fourth-order valence-electron chi connectivity index (χ4n) is 1.47. The molecule has 0 unspecified atom stereocenters. The smallest absolute Gasteiger partial charge is 0.223 e. The number of nitrogens with one attached hydrogen (secondary N) is 1. The van der Waals surface area contributed by atoms with E-state index < -0.39 is 0 Å². The molecule has 0 spiro atoms. The quantitative estimate of drug-likeness (QED) is 0.849. The number of aryl methyl sites for hydroxylation is 1. The van der Waals surface area contributed by atoms with Crippen LogP contribution in [0.15, 0.2) is 16.8 Å². The molecule has 0 aliphatic heterocycles. The van der Waals surface area contributed by atoms with Crippen molar-refractivity contribution in [2.75, 3.05) is 0 Å². The molecule has 1 N–H and O–H groups in total. The van der Waals surface area contributed by atoms with Gasteiger partial charge in [-0.15, -0.1) is 0 Å². The number of rotatable bonds is 5. The predicted molar refractivity (Wildman–Crippen MR) is 62.2 cm³/mol. The van der Waals surface area contributed by atoms with E-state index in [1.54, 1.807) is 6.92 Å². The number of nitrogens with zero attached hydrogens (tertiary/aromatic N) is 4. The molecule has 0 saturated carbocycles. The molecule has 0 bridgehead atoms. The van der Waals surface area contributed by atoms with Gasteiger partial charge in [0.25, 0.3) is 0 Å². The van der Waals surface area contributed by atoms with Crippen LogP contribution in [-0.2, 0) is 13.1 Å². The maximum atomic E-state index is 4.88. The Labute approximate surface area is 100 Å². The lowest BCUT2D eigenvalue weighted by atomic mass is 10.4. The van der Waals surface area contributed by atoms with Crippen molar-refractivity contribution >= 4 is 0 Å². The van der Waals surface area contributed by atoms with Crippen LogP contribution in [0.1, 0.15) is 37.3 Å². The SMILES string of the molecule is Cc1nc(CNCc2ccn(C(C)C)n2)no1. The fourth-order valence-corrected chi connectivity index (χ4v) is 1.47. The average Bonchev–Trinajstić information content (AvgIpc) is 2.88. The van der Waals surface area contributed by atoms with E-state index >= 15 is 0 Å². The molecular formula is C11H17N5O. The van der Waals surface area contributed by atoms with Crippen LogP contribution >= 0.6 is 0 Å². The van der Waals surface area contributed by atoms with E-state index in [1.165, 1.54) is 0 Å². The van der Waals surface area contributed by atoms with Gasteiger partial charge in [0.1, 0.15) is 0 Å². The highest BCUT2D eigenvalue weighted by atomic mass is 16.5. The monoisotopic (exact) mass is 235 g/mol. The van der Waals surface area contributed by atoms with E-state index in [0.717, 1.165) is 5.69 Å². The Balaban J connectivity index is 1.81. The summed E-state index contributed by atoms with van der Waals surface area (Å²) in [6.07, 6.45) is 1.99. The lowest BCUT2D eigenvalue weighted by Crippen LogP contribution is -2.14. The van der Waals surface area contributed by atoms with Crippen LogP contribution in [0.3, 0.4) is 0 Å². The molecule has 2 rings (SSSR count). The molecule has 0 saturated heterocycles. The Morgan fingerprint density at radius 2 is 2.24 bits per heavy atom. The van der Waals surface area contributed by atoms with Gasteiger partial charge in [-0.05, 0) is 19.9 Å². The molecule has 0 fully saturated rings. The third-order valence-corrected chi connectivity index (χ3v) is 2.35. The molecule has 2 aromatic heterocycles. The van der Waals surface area contributed by atoms with Crippen LogP contribution in [0.2, 0.25) is 0 Å². The highest BCUT2D eigenvalue weighted by molar-refractivity contribution is 4.99. The van der Waals surface area contributed by atoms with E-state index in [-0.39, 0.29) is 0 Å². The van der Waals surface area contributed by atoms with Crippen LogP contribution in [0.5, 0.6) is 0 Å². The van der Waals surface area contributed by atoms with E-state index in [0.29, 0.717) is 30.8 Å². The average molecular weight is 235 g/mol. The maximum absolute atomic E-state index is 4.88. The second kappa shape index (κ2) is 5.09. The van der Waals surface area contributed by atoms with Crippen molar-refractivity contribution in [1.29, 1.82) is 0 Å². The summed E-state index contributed by atoms with van der Waals surface area (Å²) in [6.45, 7) is 7.28. The van der Waals surface area contributed by atoms with E-state index in [1.807, 2.05) is 16.9 Å². The van der Waals surface area contributed by atoms with Gasteiger partial charge in [-0.25, -0.2) is 0 Å². The Kier molecular flexibility index (Phi) is 3.53. The molecule has 0 atom stereocenters. The lowest BCUT2D eigenvalue weighted by molar-refractivity contribution is 0.385. The van der Waals surface area contributed by atoms with E-state index in [4.69, 9.17) is 4.52 Å². The molecule has 6 nitrogen and oxygen atoms in total. The summed E-state index contributed by atoms with van der Waals surface area (Å²) in [5.41, 5.74) is 1.01. The van der Waals surface area contributed by atoms with E-state index in [9.17, 15) is 0 Å². The van der Waals surface area contributed by atoms with Crippen molar-refractivity contribution in [3.8, 4) is 0 Å². The predicted octanol–water partition coefficient (Wildman–Crippen LogP) is 1.45. The Morgan fingerprint density at radius 3 is 2.82 bits per heavy atom. The summed E-state index contributed by atoms with van der Waals surface area (Å²) >= 11 is 0. The summed E-state index contributed by atoms with van der Waals surface area (Å²) in [6, 6.07) is 2.40. The van der Waals surface area contributed by atoms with Crippen molar-refractivity contribution in [2.45, 2.75) is 39.9 Å². The molecule has 0 aliphatic carbocycles. The van der Waals surface area contributed by atoms with Crippen molar-refractivity contribution < 1.29 is 4.52 Å². The Bertz CT molecular complexity index is 474. The van der Waals surface area contributed by atoms with Crippen LogP contribution in [0.25, 0.3) is 0 Å². The highest BCUT2D eigenvalue weighted by Gasteiger charge is 2.04. The molecule has 92 valence electrons. The minimum absolute atomic E-state index is 0.392. The Hall–Kier alpha value is -1.69. The number of aromatic nitrogens is 4. The topological polar surface area (TPSA) is 68.8 Å². The van der Waals surface area contributed by atoms with Gasteiger partial charge >= 0.3 is 0 Å². The molecule has 2 heterocycles. The second-order valence-corrected chi connectivity index (χ2v) is 4.21. The molecule has 6 heteroatoms. The van der Waals surface area contributed by atoms with Crippen LogP contribution in [0.4, 0.5) is 0 Å². The number of hydrogen-bond acceptors (Lipinski definition) is 5. The molecule has 0 aliphatic rings. The van der Waals surface area contributed by atoms with Gasteiger partial charge in [0.05, 0.1) is 12.2 Å². The van der Waals surface area contributed by atoms with Gasteiger partial charge in [-0.3, -0.25) is 4.68 Å². The van der Waals surface area contributed by atoms with Crippen LogP contribution < -0.4 is 5.32 Å². The number of hydrogen-bond donors (Lipinski definition) is 1. The van der Waals surface area contributed by atoms with Crippen LogP contribution in [-0.4, -0.2) is 19.9 Å². The van der Waals surface area contributed by atoms with Crippen molar-refractivity contribution in [2.24, 2.45) is 0 Å². The summed E-state index contributed by atoms with van der Waals surface area (Å²) < 4.78 is 6.82. The first-order valence-corrected chi connectivity index (χ1v) is 5.69. The standard InChI is InChI=1S/C11H17N5O/c1-8(2)16-5-4-10(14-16)6-12-7-11-13-9(3)17-15-11/h4-5,8,12H,6-7H2,1-3H3. The zero-order valence-corrected chi connectivity index (χ0v) is 10.3. The largest absolute Gasteiger partial charge is 0.340 e. The van der Waals surface area contributed by atoms with Crippen molar-refractivity contribution in [3.63, 3.8) is 0 Å². The third-order valence-electron chi connectivity index (χ3n) is 2.35. The highest BCUT2D eigenvalue weighted by Crippen LogP contribution is 2.04. The van der Waals surface area contributed by atoms with Gasteiger partial charge in [-0.1, -0.05) is 5.16 Å². The zero-order valence-electron chi connectivity index (χ0n) is 10.3. The molecule has 17 heavy (non-hydrogen) atoms. The van der Waals surface area contributed by atoms with Gasteiger partial charge in [0.2, 0.25) is 5.89 Å². The first-order chi connectivity index (χ1) is 8.15. The normalized spacial score (nSPS) is 11.3. The molecular weight excluding hydrogens is 218 g/mol. The summed E-state index contributed by atoms with van der Waals surface area (Å²) in [4.78, 5) is 4.11. The van der Waals surface area contributed by atoms with Gasteiger partial charge in [0, 0.05) is 25.7 Å². The van der Waals surface area contributed by atoms with Gasteiger partial charge in [-0.2, -0.15) is 10.1 Å².